The first kappa shape index (κ1) is 13.0. The molecule has 0 saturated carbocycles. The van der Waals surface area contributed by atoms with Crippen molar-refractivity contribution in [3.8, 4) is 0 Å². The SMILES string of the molecule is CC(C=O)CC1CN(C(=O)OC(C)(C)C)C1. The number of ether oxygens (including phenoxy) is 1. The first-order chi connectivity index (χ1) is 7.31. The van der Waals surface area contributed by atoms with E-state index >= 15 is 0 Å². The molecule has 1 aliphatic heterocycles. The van der Waals surface area contributed by atoms with E-state index in [9.17, 15) is 9.59 Å². The van der Waals surface area contributed by atoms with Crippen molar-refractivity contribution in [3.63, 3.8) is 0 Å². The maximum atomic E-state index is 11.6. The Morgan fingerprint density at radius 2 is 2.06 bits per heavy atom. The Bertz CT molecular complexity index is 264. The molecule has 1 saturated heterocycles. The second-order valence-corrected chi connectivity index (χ2v) is 5.60. The molecule has 0 aromatic carbocycles. The molecule has 0 spiro atoms. The number of aldehydes is 1. The quantitative estimate of drug-likeness (QED) is 0.693. The van der Waals surface area contributed by atoms with Crippen LogP contribution < -0.4 is 0 Å². The minimum Gasteiger partial charge on any atom is -0.444 e. The van der Waals surface area contributed by atoms with Crippen LogP contribution in [0.3, 0.4) is 0 Å². The highest BCUT2D eigenvalue weighted by Crippen LogP contribution is 2.24. The molecule has 4 heteroatoms. The second kappa shape index (κ2) is 4.85. The molecule has 0 aliphatic carbocycles. The number of hydrogen-bond donors (Lipinski definition) is 0. The average molecular weight is 227 g/mol. The van der Waals surface area contributed by atoms with Crippen molar-refractivity contribution < 1.29 is 14.3 Å². The summed E-state index contributed by atoms with van der Waals surface area (Å²) in [6.07, 6.45) is 1.58. The third kappa shape index (κ3) is 3.83. The molecule has 1 amide bonds. The molecular weight excluding hydrogens is 206 g/mol. The topological polar surface area (TPSA) is 46.6 Å². The number of carbonyl (C=O) groups is 2. The van der Waals surface area contributed by atoms with Gasteiger partial charge in [0.25, 0.3) is 0 Å². The van der Waals surface area contributed by atoms with E-state index < -0.39 is 5.60 Å². The molecule has 0 radical (unpaired) electrons. The minimum absolute atomic E-state index is 0.0887. The van der Waals surface area contributed by atoms with Crippen LogP contribution >= 0.6 is 0 Å². The van der Waals surface area contributed by atoms with E-state index in [4.69, 9.17) is 4.74 Å². The van der Waals surface area contributed by atoms with Gasteiger partial charge in [0.15, 0.2) is 0 Å². The van der Waals surface area contributed by atoms with Crippen LogP contribution in [0.25, 0.3) is 0 Å². The van der Waals surface area contributed by atoms with Gasteiger partial charge in [0.05, 0.1) is 0 Å². The Kier molecular flexibility index (Phi) is 3.94. The first-order valence-corrected chi connectivity index (χ1v) is 5.75. The molecule has 1 atom stereocenters. The maximum Gasteiger partial charge on any atom is 0.410 e. The summed E-state index contributed by atoms with van der Waals surface area (Å²) in [5, 5.41) is 0. The number of nitrogens with zero attached hydrogens (tertiary/aromatic N) is 1. The molecule has 0 bridgehead atoms. The summed E-state index contributed by atoms with van der Waals surface area (Å²) in [6, 6.07) is 0. The zero-order valence-corrected chi connectivity index (χ0v) is 10.5. The molecule has 1 rings (SSSR count). The van der Waals surface area contributed by atoms with Gasteiger partial charge in [-0.25, -0.2) is 4.79 Å². The summed E-state index contributed by atoms with van der Waals surface area (Å²) >= 11 is 0. The largest absolute Gasteiger partial charge is 0.444 e. The fourth-order valence-electron chi connectivity index (χ4n) is 1.78. The molecule has 1 aliphatic rings. The van der Waals surface area contributed by atoms with E-state index in [2.05, 4.69) is 0 Å². The average Bonchev–Trinajstić information content (AvgIpc) is 2.06. The molecule has 0 aromatic rings. The van der Waals surface area contributed by atoms with Gasteiger partial charge >= 0.3 is 6.09 Å². The zero-order chi connectivity index (χ0) is 12.3. The predicted octanol–water partition coefficient (Wildman–Crippen LogP) is 2.08. The van der Waals surface area contributed by atoms with Crippen LogP contribution in [0.15, 0.2) is 0 Å². The van der Waals surface area contributed by atoms with Gasteiger partial charge in [-0.15, -0.1) is 0 Å². The lowest BCUT2D eigenvalue weighted by Gasteiger charge is -2.40. The number of likely N-dealkylation sites (tertiary alicyclic amines) is 1. The van der Waals surface area contributed by atoms with Gasteiger partial charge in [-0.3, -0.25) is 0 Å². The van der Waals surface area contributed by atoms with Crippen LogP contribution in [0.4, 0.5) is 4.79 Å². The van der Waals surface area contributed by atoms with E-state index in [1.165, 1.54) is 0 Å². The Balaban J connectivity index is 2.25. The van der Waals surface area contributed by atoms with Crippen molar-refractivity contribution in [2.24, 2.45) is 11.8 Å². The van der Waals surface area contributed by atoms with Crippen molar-refractivity contribution in [3.05, 3.63) is 0 Å². The third-order valence-corrected chi connectivity index (χ3v) is 2.55. The van der Waals surface area contributed by atoms with Gasteiger partial charge in [0.2, 0.25) is 0 Å². The van der Waals surface area contributed by atoms with Crippen LogP contribution in [0.1, 0.15) is 34.1 Å². The van der Waals surface area contributed by atoms with Gasteiger partial charge in [0.1, 0.15) is 11.9 Å². The molecule has 92 valence electrons. The summed E-state index contributed by atoms with van der Waals surface area (Å²) < 4.78 is 5.24. The summed E-state index contributed by atoms with van der Waals surface area (Å²) in [7, 11) is 0. The monoisotopic (exact) mass is 227 g/mol. The van der Waals surface area contributed by atoms with Crippen molar-refractivity contribution >= 4 is 12.4 Å². The van der Waals surface area contributed by atoms with E-state index in [-0.39, 0.29) is 12.0 Å². The van der Waals surface area contributed by atoms with Gasteiger partial charge in [-0.2, -0.15) is 0 Å². The Labute approximate surface area is 96.9 Å². The van der Waals surface area contributed by atoms with Crippen LogP contribution in [0.5, 0.6) is 0 Å². The van der Waals surface area contributed by atoms with Crippen molar-refractivity contribution in [2.45, 2.75) is 39.7 Å². The predicted molar refractivity (Wildman–Crippen MR) is 61.1 cm³/mol. The minimum atomic E-state index is -0.432. The van der Waals surface area contributed by atoms with Crippen molar-refractivity contribution in [1.29, 1.82) is 0 Å². The normalized spacial score (nSPS) is 18.9. The van der Waals surface area contributed by atoms with Crippen molar-refractivity contribution in [1.82, 2.24) is 4.90 Å². The van der Waals surface area contributed by atoms with Gasteiger partial charge < -0.3 is 14.4 Å². The lowest BCUT2D eigenvalue weighted by Crippen LogP contribution is -2.51. The lowest BCUT2D eigenvalue weighted by atomic mass is 9.90. The number of carbonyl (C=O) groups excluding carboxylic acids is 2. The third-order valence-electron chi connectivity index (χ3n) is 2.55. The molecule has 1 heterocycles. The van der Waals surface area contributed by atoms with E-state index in [1.807, 2.05) is 27.7 Å². The summed E-state index contributed by atoms with van der Waals surface area (Å²) in [5.41, 5.74) is -0.432. The Hall–Kier alpha value is -1.06. The number of hydrogen-bond acceptors (Lipinski definition) is 3. The summed E-state index contributed by atoms with van der Waals surface area (Å²) in [5.74, 6) is 0.540. The van der Waals surface area contributed by atoms with Crippen LogP contribution in [0.2, 0.25) is 0 Å². The van der Waals surface area contributed by atoms with Gasteiger partial charge in [0, 0.05) is 19.0 Å². The standard InChI is InChI=1S/C12H21NO3/c1-9(8-14)5-10-6-13(7-10)11(15)16-12(2,3)4/h8-10H,5-7H2,1-4H3. The molecule has 0 N–H and O–H groups in total. The lowest BCUT2D eigenvalue weighted by molar-refractivity contribution is -0.111. The van der Waals surface area contributed by atoms with Crippen LogP contribution in [-0.2, 0) is 9.53 Å². The highest BCUT2D eigenvalue weighted by Gasteiger charge is 2.34. The van der Waals surface area contributed by atoms with E-state index in [0.717, 1.165) is 12.7 Å². The number of rotatable bonds is 3. The van der Waals surface area contributed by atoms with Crippen LogP contribution in [-0.4, -0.2) is 36.0 Å². The summed E-state index contributed by atoms with van der Waals surface area (Å²) in [4.78, 5) is 23.7. The van der Waals surface area contributed by atoms with Crippen LogP contribution in [0, 0.1) is 11.8 Å². The van der Waals surface area contributed by atoms with Crippen molar-refractivity contribution in [2.75, 3.05) is 13.1 Å². The van der Waals surface area contributed by atoms with E-state index in [1.54, 1.807) is 4.90 Å². The smallest absolute Gasteiger partial charge is 0.410 e. The molecule has 4 nitrogen and oxygen atoms in total. The summed E-state index contributed by atoms with van der Waals surface area (Å²) in [6.45, 7) is 8.91. The van der Waals surface area contributed by atoms with Gasteiger partial charge in [-0.05, 0) is 33.1 Å². The molecule has 1 unspecified atom stereocenters. The molecule has 1 fully saturated rings. The second-order valence-electron chi connectivity index (χ2n) is 5.60. The molecular formula is C12H21NO3. The maximum absolute atomic E-state index is 11.6. The fraction of sp³-hybridized carbons (Fsp3) is 0.833. The zero-order valence-electron chi connectivity index (χ0n) is 10.5. The highest BCUT2D eigenvalue weighted by atomic mass is 16.6. The Morgan fingerprint density at radius 3 is 2.50 bits per heavy atom. The van der Waals surface area contributed by atoms with Gasteiger partial charge in [-0.1, -0.05) is 6.92 Å². The van der Waals surface area contributed by atoms with E-state index in [0.29, 0.717) is 19.0 Å². The molecule has 16 heavy (non-hydrogen) atoms. The first-order valence-electron chi connectivity index (χ1n) is 5.75. The molecule has 0 aromatic heterocycles. The highest BCUT2D eigenvalue weighted by molar-refractivity contribution is 5.69. The number of amides is 1. The fourth-order valence-corrected chi connectivity index (χ4v) is 1.78. The Morgan fingerprint density at radius 1 is 1.50 bits per heavy atom.